The Morgan fingerprint density at radius 3 is 2.78 bits per heavy atom. The van der Waals surface area contributed by atoms with Gasteiger partial charge in [0, 0.05) is 22.4 Å². The van der Waals surface area contributed by atoms with Crippen molar-refractivity contribution in [3.05, 3.63) is 35.5 Å². The van der Waals surface area contributed by atoms with Crippen molar-refractivity contribution < 1.29 is 5.11 Å². The maximum atomic E-state index is 9.73. The van der Waals surface area contributed by atoms with Gasteiger partial charge in [0.2, 0.25) is 0 Å². The van der Waals surface area contributed by atoms with Gasteiger partial charge in [0.15, 0.2) is 0 Å². The predicted octanol–water partition coefficient (Wildman–Crippen LogP) is 3.58. The first-order valence-corrected chi connectivity index (χ1v) is 7.49. The van der Waals surface area contributed by atoms with Crippen molar-refractivity contribution in [2.45, 2.75) is 37.7 Å². The zero-order chi connectivity index (χ0) is 13.1. The van der Waals surface area contributed by atoms with Crippen molar-refractivity contribution in [2.24, 2.45) is 0 Å². The van der Waals surface area contributed by atoms with Gasteiger partial charge in [-0.2, -0.15) is 0 Å². The largest absolute Gasteiger partial charge is 0.393 e. The minimum absolute atomic E-state index is 0.293. The summed E-state index contributed by atoms with van der Waals surface area (Å²) in [5, 5.41) is 10.9. The Balaban J connectivity index is 2.45. The van der Waals surface area contributed by atoms with Gasteiger partial charge in [0.05, 0.1) is 11.6 Å². The average molecular weight is 261 g/mol. The number of hydrogen-bond acceptors (Lipinski definition) is 3. The van der Waals surface area contributed by atoms with Crippen molar-refractivity contribution in [3.63, 3.8) is 0 Å². The third kappa shape index (κ3) is 2.85. The molecule has 2 nitrogen and oxygen atoms in total. The number of benzene rings is 1. The summed E-state index contributed by atoms with van der Waals surface area (Å²) in [7, 11) is 0. The van der Waals surface area contributed by atoms with E-state index in [0.29, 0.717) is 6.42 Å². The highest BCUT2D eigenvalue weighted by Crippen LogP contribution is 2.24. The molecule has 0 aliphatic carbocycles. The van der Waals surface area contributed by atoms with Crippen LogP contribution in [0.3, 0.4) is 0 Å². The van der Waals surface area contributed by atoms with Crippen LogP contribution >= 0.6 is 11.8 Å². The molecule has 1 atom stereocenters. The Labute approximate surface area is 112 Å². The van der Waals surface area contributed by atoms with Crippen LogP contribution < -0.4 is 0 Å². The number of aryl methyl sites for hydroxylation is 1. The van der Waals surface area contributed by atoms with Crippen molar-refractivity contribution in [1.82, 2.24) is 4.98 Å². The Bertz CT molecular complexity index is 553. The van der Waals surface area contributed by atoms with E-state index in [9.17, 15) is 5.11 Å². The van der Waals surface area contributed by atoms with E-state index in [1.54, 1.807) is 11.8 Å². The van der Waals surface area contributed by atoms with Crippen LogP contribution in [0.25, 0.3) is 10.9 Å². The third-order valence-electron chi connectivity index (χ3n) is 3.19. The van der Waals surface area contributed by atoms with E-state index in [1.165, 1.54) is 15.8 Å². The van der Waals surface area contributed by atoms with E-state index in [0.717, 1.165) is 17.6 Å². The molecule has 2 aromatic rings. The lowest BCUT2D eigenvalue weighted by molar-refractivity contribution is 0.169. The molecule has 0 radical (unpaired) electrons. The molecule has 1 aromatic heterocycles. The molecule has 1 heterocycles. The molecule has 0 amide bonds. The van der Waals surface area contributed by atoms with Gasteiger partial charge in [0.1, 0.15) is 0 Å². The molecule has 1 N–H and O–H groups in total. The Morgan fingerprint density at radius 1 is 1.33 bits per heavy atom. The fraction of sp³-hybridized carbons (Fsp3) is 0.400. The number of rotatable bonds is 4. The molecule has 0 saturated carbocycles. The van der Waals surface area contributed by atoms with Gasteiger partial charge in [-0.15, -0.1) is 11.8 Å². The van der Waals surface area contributed by atoms with Gasteiger partial charge >= 0.3 is 0 Å². The minimum Gasteiger partial charge on any atom is -0.393 e. The maximum absolute atomic E-state index is 9.73. The predicted molar refractivity (Wildman–Crippen MR) is 78.3 cm³/mol. The number of hydrogen-bond donors (Lipinski definition) is 1. The Kier molecular flexibility index (Phi) is 4.25. The van der Waals surface area contributed by atoms with E-state index in [4.69, 9.17) is 0 Å². The summed E-state index contributed by atoms with van der Waals surface area (Å²) in [5.74, 6) is 0. The van der Waals surface area contributed by atoms with Crippen LogP contribution in [0.5, 0.6) is 0 Å². The standard InChI is InChI=1S/C15H19NOS/c1-4-12(17)8-11-7-10(2)14-6-5-13(18-3)9-15(14)16-11/h5-7,9,12,17H,4,8H2,1-3H3/t12-/m1/s1. The summed E-state index contributed by atoms with van der Waals surface area (Å²) in [6, 6.07) is 8.46. The molecule has 96 valence electrons. The topological polar surface area (TPSA) is 33.1 Å². The van der Waals surface area contributed by atoms with Crippen LogP contribution in [-0.4, -0.2) is 22.5 Å². The molecule has 0 saturated heterocycles. The molecule has 3 heteroatoms. The van der Waals surface area contributed by atoms with Crippen LogP contribution in [0.2, 0.25) is 0 Å². The summed E-state index contributed by atoms with van der Waals surface area (Å²) in [6.07, 6.45) is 3.18. The van der Waals surface area contributed by atoms with E-state index < -0.39 is 0 Å². The van der Waals surface area contributed by atoms with Crippen LogP contribution in [0.1, 0.15) is 24.6 Å². The van der Waals surface area contributed by atoms with E-state index in [2.05, 4.69) is 42.4 Å². The Hall–Kier alpha value is -1.06. The van der Waals surface area contributed by atoms with Crippen molar-refractivity contribution >= 4 is 22.7 Å². The molecule has 0 bridgehead atoms. The van der Waals surface area contributed by atoms with Gasteiger partial charge < -0.3 is 5.11 Å². The zero-order valence-electron chi connectivity index (χ0n) is 11.1. The number of aliphatic hydroxyl groups excluding tert-OH is 1. The van der Waals surface area contributed by atoms with Crippen molar-refractivity contribution in [2.75, 3.05) is 6.26 Å². The number of pyridine rings is 1. The molecule has 1 aromatic carbocycles. The van der Waals surface area contributed by atoms with Gasteiger partial charge in [-0.1, -0.05) is 13.0 Å². The van der Waals surface area contributed by atoms with Gasteiger partial charge in [-0.25, -0.2) is 0 Å². The van der Waals surface area contributed by atoms with E-state index >= 15 is 0 Å². The van der Waals surface area contributed by atoms with E-state index in [-0.39, 0.29) is 6.10 Å². The van der Waals surface area contributed by atoms with Gasteiger partial charge in [-0.05, 0) is 43.4 Å². The van der Waals surface area contributed by atoms with Gasteiger partial charge in [0.25, 0.3) is 0 Å². The van der Waals surface area contributed by atoms with Gasteiger partial charge in [-0.3, -0.25) is 4.98 Å². The number of aromatic nitrogens is 1. The molecule has 0 aliphatic rings. The third-order valence-corrected chi connectivity index (χ3v) is 3.92. The van der Waals surface area contributed by atoms with Crippen LogP contribution in [-0.2, 0) is 6.42 Å². The second-order valence-corrected chi connectivity index (χ2v) is 5.46. The van der Waals surface area contributed by atoms with Crippen LogP contribution in [0.4, 0.5) is 0 Å². The van der Waals surface area contributed by atoms with Crippen molar-refractivity contribution in [3.8, 4) is 0 Å². The number of nitrogens with zero attached hydrogens (tertiary/aromatic N) is 1. The Morgan fingerprint density at radius 2 is 2.11 bits per heavy atom. The first-order chi connectivity index (χ1) is 8.63. The summed E-state index contributed by atoms with van der Waals surface area (Å²) in [5.41, 5.74) is 3.23. The second kappa shape index (κ2) is 5.72. The molecule has 18 heavy (non-hydrogen) atoms. The van der Waals surface area contributed by atoms with Crippen LogP contribution in [0.15, 0.2) is 29.2 Å². The maximum Gasteiger partial charge on any atom is 0.0719 e. The molecule has 0 spiro atoms. The lowest BCUT2D eigenvalue weighted by Crippen LogP contribution is -2.10. The van der Waals surface area contributed by atoms with E-state index in [1.807, 2.05) is 6.92 Å². The first-order valence-electron chi connectivity index (χ1n) is 6.26. The summed E-state index contributed by atoms with van der Waals surface area (Å²) < 4.78 is 0. The molecule has 0 unspecified atom stereocenters. The number of fused-ring (bicyclic) bond motifs is 1. The van der Waals surface area contributed by atoms with Crippen LogP contribution in [0, 0.1) is 6.92 Å². The smallest absolute Gasteiger partial charge is 0.0719 e. The first kappa shape index (κ1) is 13.4. The highest BCUT2D eigenvalue weighted by atomic mass is 32.2. The normalized spacial score (nSPS) is 12.9. The molecule has 0 aliphatic heterocycles. The molecule has 2 rings (SSSR count). The fourth-order valence-corrected chi connectivity index (χ4v) is 2.50. The molecule has 0 fully saturated rings. The highest BCUT2D eigenvalue weighted by molar-refractivity contribution is 7.98. The second-order valence-electron chi connectivity index (χ2n) is 4.58. The highest BCUT2D eigenvalue weighted by Gasteiger charge is 2.07. The fourth-order valence-electron chi connectivity index (χ4n) is 2.07. The van der Waals surface area contributed by atoms with Crippen molar-refractivity contribution in [1.29, 1.82) is 0 Å². The lowest BCUT2D eigenvalue weighted by Gasteiger charge is -2.10. The molecular weight excluding hydrogens is 242 g/mol. The summed E-state index contributed by atoms with van der Waals surface area (Å²) >= 11 is 1.72. The monoisotopic (exact) mass is 261 g/mol. The molecular formula is C15H19NOS. The SMILES string of the molecule is CC[C@@H](O)Cc1cc(C)c2ccc(SC)cc2n1. The number of aliphatic hydroxyl groups is 1. The minimum atomic E-state index is -0.293. The lowest BCUT2D eigenvalue weighted by atomic mass is 10.1. The quantitative estimate of drug-likeness (QED) is 0.854. The summed E-state index contributed by atoms with van der Waals surface area (Å²) in [6.45, 7) is 4.09. The average Bonchev–Trinajstić information content (AvgIpc) is 2.37. The summed E-state index contributed by atoms with van der Waals surface area (Å²) in [4.78, 5) is 5.88. The number of thioether (sulfide) groups is 1. The zero-order valence-corrected chi connectivity index (χ0v) is 11.9.